The molecule has 4 rings (SSSR count). The summed E-state index contributed by atoms with van der Waals surface area (Å²) < 4.78 is 29.4. The highest BCUT2D eigenvalue weighted by molar-refractivity contribution is 6.32. The molecule has 0 atom stereocenters. The highest BCUT2D eigenvalue weighted by atomic mass is 35.5. The Hall–Kier alpha value is -3.60. The maximum absolute atomic E-state index is 14.0. The van der Waals surface area contributed by atoms with E-state index in [-0.39, 0.29) is 10.7 Å². The third-order valence-electron chi connectivity index (χ3n) is 4.18. The maximum atomic E-state index is 14.0. The van der Waals surface area contributed by atoms with Gasteiger partial charge in [-0.1, -0.05) is 11.6 Å². The molecule has 0 amide bonds. The molecule has 0 fully saturated rings. The fraction of sp³-hybridized carbons (Fsp3) is 0.167. The summed E-state index contributed by atoms with van der Waals surface area (Å²) in [7, 11) is 0. The van der Waals surface area contributed by atoms with Crippen molar-refractivity contribution < 1.29 is 8.78 Å². The van der Waals surface area contributed by atoms with Crippen molar-refractivity contribution in [2.45, 2.75) is 6.92 Å². The van der Waals surface area contributed by atoms with Crippen molar-refractivity contribution >= 4 is 28.9 Å². The van der Waals surface area contributed by atoms with Crippen molar-refractivity contribution in [1.29, 1.82) is 0 Å². The molecular formula is C18H15ClF2N8O. The summed E-state index contributed by atoms with van der Waals surface area (Å²) in [5, 5.41) is 14.1. The van der Waals surface area contributed by atoms with Gasteiger partial charge in [0.15, 0.2) is 5.82 Å². The standard InChI is InChI=1S/C18H15ClF2N8O/c1-10-6-15(29-18(27-10)24-9-26-29)23-5-4-22-13-8-25-28(17(30)16(13)19)14-3-2-11(20)7-12(14)21/h2-3,6-9,22-23H,4-5H2,1H3. The number of nitrogens with zero attached hydrogens (tertiary/aromatic N) is 6. The van der Waals surface area contributed by atoms with Crippen LogP contribution in [0.25, 0.3) is 11.5 Å². The highest BCUT2D eigenvalue weighted by Gasteiger charge is 2.14. The van der Waals surface area contributed by atoms with Gasteiger partial charge in [-0.15, -0.1) is 0 Å². The number of benzene rings is 1. The minimum Gasteiger partial charge on any atom is -0.381 e. The monoisotopic (exact) mass is 432 g/mol. The number of rotatable bonds is 6. The van der Waals surface area contributed by atoms with Gasteiger partial charge in [-0.25, -0.2) is 13.8 Å². The van der Waals surface area contributed by atoms with Gasteiger partial charge in [0.1, 0.15) is 28.7 Å². The number of hydrogen-bond donors (Lipinski definition) is 2. The molecule has 0 unspecified atom stereocenters. The van der Waals surface area contributed by atoms with Crippen molar-refractivity contribution in [2.75, 3.05) is 23.7 Å². The molecule has 0 spiro atoms. The lowest BCUT2D eigenvalue weighted by molar-refractivity contribution is 0.571. The zero-order valence-corrected chi connectivity index (χ0v) is 16.4. The Morgan fingerprint density at radius 1 is 1.13 bits per heavy atom. The molecule has 3 aromatic heterocycles. The molecule has 0 radical (unpaired) electrons. The van der Waals surface area contributed by atoms with Crippen LogP contribution in [0.3, 0.4) is 0 Å². The van der Waals surface area contributed by atoms with Gasteiger partial charge >= 0.3 is 0 Å². The molecular weight excluding hydrogens is 418 g/mol. The summed E-state index contributed by atoms with van der Waals surface area (Å²) in [5.41, 5.74) is 0.157. The molecule has 12 heteroatoms. The highest BCUT2D eigenvalue weighted by Crippen LogP contribution is 2.18. The molecule has 0 saturated heterocycles. The molecule has 154 valence electrons. The normalized spacial score (nSPS) is 11.1. The Labute approximate surface area is 173 Å². The molecule has 1 aromatic carbocycles. The average molecular weight is 433 g/mol. The topological polar surface area (TPSA) is 102 Å². The van der Waals surface area contributed by atoms with Gasteiger partial charge < -0.3 is 10.6 Å². The first-order valence-corrected chi connectivity index (χ1v) is 9.20. The van der Waals surface area contributed by atoms with E-state index in [1.165, 1.54) is 12.5 Å². The Kier molecular flexibility index (Phi) is 5.27. The van der Waals surface area contributed by atoms with E-state index >= 15 is 0 Å². The SMILES string of the molecule is Cc1cc(NCCNc2cnn(-c3ccc(F)cc3F)c(=O)c2Cl)n2ncnc2n1. The van der Waals surface area contributed by atoms with E-state index in [4.69, 9.17) is 11.6 Å². The second-order valence-corrected chi connectivity index (χ2v) is 6.67. The van der Waals surface area contributed by atoms with E-state index in [1.807, 2.05) is 13.0 Å². The number of aromatic nitrogens is 6. The van der Waals surface area contributed by atoms with Gasteiger partial charge in [0, 0.05) is 30.9 Å². The lowest BCUT2D eigenvalue weighted by atomic mass is 10.3. The van der Waals surface area contributed by atoms with E-state index in [1.54, 1.807) is 4.52 Å². The summed E-state index contributed by atoms with van der Waals surface area (Å²) in [5.74, 6) is -0.482. The predicted molar refractivity (Wildman–Crippen MR) is 107 cm³/mol. The van der Waals surface area contributed by atoms with E-state index in [2.05, 4.69) is 30.8 Å². The molecule has 30 heavy (non-hydrogen) atoms. The van der Waals surface area contributed by atoms with Crippen LogP contribution < -0.4 is 16.2 Å². The summed E-state index contributed by atoms with van der Waals surface area (Å²) in [6, 6.07) is 4.65. The van der Waals surface area contributed by atoms with Gasteiger partial charge in [-0.2, -0.15) is 24.4 Å². The van der Waals surface area contributed by atoms with Crippen LogP contribution in [-0.2, 0) is 0 Å². The Morgan fingerprint density at radius 2 is 1.93 bits per heavy atom. The Morgan fingerprint density at radius 3 is 2.73 bits per heavy atom. The summed E-state index contributed by atoms with van der Waals surface area (Å²) in [6.07, 6.45) is 2.72. The molecule has 0 aliphatic heterocycles. The third-order valence-corrected chi connectivity index (χ3v) is 4.55. The van der Waals surface area contributed by atoms with E-state index in [9.17, 15) is 13.6 Å². The molecule has 0 aliphatic rings. The fourth-order valence-electron chi connectivity index (χ4n) is 2.82. The molecule has 0 bridgehead atoms. The van der Waals surface area contributed by atoms with Gasteiger partial charge in [0.2, 0.25) is 0 Å². The van der Waals surface area contributed by atoms with Crippen LogP contribution in [0.1, 0.15) is 5.69 Å². The number of halogens is 3. The van der Waals surface area contributed by atoms with Gasteiger partial charge in [0.25, 0.3) is 11.3 Å². The first-order chi connectivity index (χ1) is 14.4. The predicted octanol–water partition coefficient (Wildman–Crippen LogP) is 2.43. The first-order valence-electron chi connectivity index (χ1n) is 8.82. The van der Waals surface area contributed by atoms with Gasteiger partial charge in [0.05, 0.1) is 11.9 Å². The lowest BCUT2D eigenvalue weighted by Crippen LogP contribution is -2.24. The maximum Gasteiger partial charge on any atom is 0.292 e. The molecule has 9 nitrogen and oxygen atoms in total. The van der Waals surface area contributed by atoms with E-state index in [0.717, 1.165) is 22.5 Å². The zero-order chi connectivity index (χ0) is 21.3. The number of anilines is 2. The molecule has 0 saturated carbocycles. The fourth-order valence-corrected chi connectivity index (χ4v) is 3.02. The van der Waals surface area contributed by atoms with Crippen LogP contribution >= 0.6 is 11.6 Å². The number of aryl methyl sites for hydroxylation is 1. The summed E-state index contributed by atoms with van der Waals surface area (Å²) in [4.78, 5) is 20.8. The average Bonchev–Trinajstić information content (AvgIpc) is 3.17. The minimum absolute atomic E-state index is 0.160. The summed E-state index contributed by atoms with van der Waals surface area (Å²) >= 11 is 6.13. The van der Waals surface area contributed by atoms with Crippen molar-refractivity contribution in [1.82, 2.24) is 29.4 Å². The van der Waals surface area contributed by atoms with E-state index in [0.29, 0.717) is 36.4 Å². The van der Waals surface area contributed by atoms with Crippen molar-refractivity contribution in [3.8, 4) is 5.69 Å². The van der Waals surface area contributed by atoms with Crippen molar-refractivity contribution in [3.63, 3.8) is 0 Å². The number of fused-ring (bicyclic) bond motifs is 1. The summed E-state index contributed by atoms with van der Waals surface area (Å²) in [6.45, 7) is 2.71. The molecule has 4 aromatic rings. The second-order valence-electron chi connectivity index (χ2n) is 6.29. The van der Waals surface area contributed by atoms with Crippen LogP contribution in [0.15, 0.2) is 41.6 Å². The van der Waals surface area contributed by atoms with E-state index < -0.39 is 17.2 Å². The number of nitrogens with one attached hydrogen (secondary N) is 2. The zero-order valence-electron chi connectivity index (χ0n) is 15.6. The lowest BCUT2D eigenvalue weighted by Gasteiger charge is -2.12. The molecule has 0 aliphatic carbocycles. The van der Waals surface area contributed by atoms with Crippen LogP contribution in [0, 0.1) is 18.6 Å². The number of hydrogen-bond acceptors (Lipinski definition) is 7. The van der Waals surface area contributed by atoms with Crippen LogP contribution in [0.2, 0.25) is 5.02 Å². The second kappa shape index (κ2) is 8.03. The van der Waals surface area contributed by atoms with Crippen LogP contribution in [0.4, 0.5) is 20.3 Å². The first kappa shape index (κ1) is 19.7. The van der Waals surface area contributed by atoms with Crippen LogP contribution in [-0.4, -0.2) is 42.5 Å². The largest absolute Gasteiger partial charge is 0.381 e. The quantitative estimate of drug-likeness (QED) is 0.451. The van der Waals surface area contributed by atoms with Gasteiger partial charge in [-0.3, -0.25) is 4.79 Å². The van der Waals surface area contributed by atoms with Crippen molar-refractivity contribution in [3.05, 3.63) is 69.5 Å². The smallest absolute Gasteiger partial charge is 0.292 e. The minimum atomic E-state index is -0.919. The molecule has 2 N–H and O–H groups in total. The van der Waals surface area contributed by atoms with Gasteiger partial charge in [-0.05, 0) is 19.1 Å². The van der Waals surface area contributed by atoms with Crippen LogP contribution in [0.5, 0.6) is 0 Å². The third kappa shape index (κ3) is 3.79. The Balaban J connectivity index is 1.46. The Bertz CT molecular complexity index is 1290. The molecule has 3 heterocycles. The van der Waals surface area contributed by atoms with Crippen molar-refractivity contribution in [2.24, 2.45) is 0 Å².